The third-order valence-corrected chi connectivity index (χ3v) is 4.67. The summed E-state index contributed by atoms with van der Waals surface area (Å²) in [5.74, 6) is -0.0519. The Morgan fingerprint density at radius 2 is 1.81 bits per heavy atom. The molecule has 4 aromatic rings. The Labute approximate surface area is 124 Å². The van der Waals surface area contributed by atoms with E-state index >= 15 is 0 Å². The first-order valence-electron chi connectivity index (χ1n) is 6.57. The van der Waals surface area contributed by atoms with Crippen molar-refractivity contribution in [2.24, 2.45) is 0 Å². The molecule has 0 aliphatic carbocycles. The number of rotatable bonds is 2. The molecule has 0 aliphatic rings. The van der Waals surface area contributed by atoms with E-state index in [4.69, 9.17) is 4.42 Å². The molecule has 1 atom stereocenters. The maximum absolute atomic E-state index is 13.7. The van der Waals surface area contributed by atoms with Gasteiger partial charge in [-0.25, -0.2) is 4.39 Å². The molecule has 2 aromatic carbocycles. The lowest BCUT2D eigenvalue weighted by Crippen LogP contribution is -1.93. The molecule has 1 unspecified atom stereocenters. The molecule has 21 heavy (non-hydrogen) atoms. The van der Waals surface area contributed by atoms with E-state index in [1.807, 2.05) is 30.3 Å². The van der Waals surface area contributed by atoms with Crippen LogP contribution in [-0.4, -0.2) is 5.11 Å². The lowest BCUT2D eigenvalue weighted by atomic mass is 10.2. The van der Waals surface area contributed by atoms with Crippen molar-refractivity contribution < 1.29 is 13.9 Å². The molecule has 0 saturated heterocycles. The number of benzene rings is 2. The molecular formula is C17H11FO2S. The van der Waals surface area contributed by atoms with Crippen LogP contribution in [0.1, 0.15) is 16.7 Å². The molecule has 4 rings (SSSR count). The minimum Gasteiger partial charge on any atom is -0.455 e. The van der Waals surface area contributed by atoms with Gasteiger partial charge in [-0.05, 0) is 29.7 Å². The number of aliphatic hydroxyl groups excluding tert-OH is 1. The minimum absolute atomic E-state index is 0.188. The van der Waals surface area contributed by atoms with Crippen molar-refractivity contribution in [1.82, 2.24) is 0 Å². The van der Waals surface area contributed by atoms with E-state index in [0.717, 1.165) is 15.0 Å². The lowest BCUT2D eigenvalue weighted by molar-refractivity contribution is 0.195. The number of thiophene rings is 1. The summed E-state index contributed by atoms with van der Waals surface area (Å²) < 4.78 is 20.3. The van der Waals surface area contributed by atoms with Crippen molar-refractivity contribution in [3.05, 3.63) is 71.1 Å². The molecule has 0 saturated carbocycles. The number of halogens is 1. The number of hydrogen-bond donors (Lipinski definition) is 1. The molecule has 2 heterocycles. The molecule has 0 radical (unpaired) electrons. The topological polar surface area (TPSA) is 33.4 Å². The van der Waals surface area contributed by atoms with Gasteiger partial charge in [0, 0.05) is 15.0 Å². The molecule has 0 aliphatic heterocycles. The fourth-order valence-electron chi connectivity index (χ4n) is 2.46. The van der Waals surface area contributed by atoms with Crippen LogP contribution in [0, 0.1) is 5.82 Å². The van der Waals surface area contributed by atoms with E-state index in [1.54, 1.807) is 18.2 Å². The van der Waals surface area contributed by atoms with Crippen molar-refractivity contribution in [2.75, 3.05) is 0 Å². The van der Waals surface area contributed by atoms with E-state index < -0.39 is 11.9 Å². The monoisotopic (exact) mass is 298 g/mol. The highest BCUT2D eigenvalue weighted by Gasteiger charge is 2.19. The van der Waals surface area contributed by atoms with Crippen LogP contribution in [0.4, 0.5) is 4.39 Å². The summed E-state index contributed by atoms with van der Waals surface area (Å²) in [6.07, 6.45) is -0.880. The molecule has 2 aromatic heterocycles. The van der Waals surface area contributed by atoms with Gasteiger partial charge in [-0.1, -0.05) is 30.3 Å². The second-order valence-corrected chi connectivity index (χ2v) is 6.01. The maximum Gasteiger partial charge on any atom is 0.170 e. The quantitative estimate of drug-likeness (QED) is 0.573. The minimum atomic E-state index is -0.880. The van der Waals surface area contributed by atoms with Crippen molar-refractivity contribution in [3.8, 4) is 0 Å². The van der Waals surface area contributed by atoms with Gasteiger partial charge in [0.2, 0.25) is 0 Å². The highest BCUT2D eigenvalue weighted by Crippen LogP contribution is 2.35. The molecular weight excluding hydrogens is 287 g/mol. The zero-order chi connectivity index (χ0) is 14.4. The van der Waals surface area contributed by atoms with Gasteiger partial charge in [-0.3, -0.25) is 0 Å². The van der Waals surface area contributed by atoms with Crippen molar-refractivity contribution in [1.29, 1.82) is 0 Å². The van der Waals surface area contributed by atoms with E-state index in [0.29, 0.717) is 11.1 Å². The lowest BCUT2D eigenvalue weighted by Gasteiger charge is -2.03. The SMILES string of the molecule is OC(c1cc2cccc(F)c2o1)c1cc2ccccc2s1. The summed E-state index contributed by atoms with van der Waals surface area (Å²) in [7, 11) is 0. The van der Waals surface area contributed by atoms with Crippen LogP contribution in [0.25, 0.3) is 21.1 Å². The van der Waals surface area contributed by atoms with E-state index in [9.17, 15) is 9.50 Å². The Hall–Kier alpha value is -2.17. The Morgan fingerprint density at radius 1 is 1.00 bits per heavy atom. The van der Waals surface area contributed by atoms with Gasteiger partial charge in [0.1, 0.15) is 11.9 Å². The Balaban J connectivity index is 1.81. The molecule has 0 amide bonds. The van der Waals surface area contributed by atoms with Gasteiger partial charge in [-0.15, -0.1) is 11.3 Å². The molecule has 1 N–H and O–H groups in total. The summed E-state index contributed by atoms with van der Waals surface area (Å²) in [5.41, 5.74) is 0.188. The molecule has 0 spiro atoms. The summed E-state index contributed by atoms with van der Waals surface area (Å²) >= 11 is 1.51. The maximum atomic E-state index is 13.7. The smallest absolute Gasteiger partial charge is 0.170 e. The number of hydrogen-bond acceptors (Lipinski definition) is 3. The first-order valence-corrected chi connectivity index (χ1v) is 7.38. The second kappa shape index (κ2) is 4.69. The fourth-order valence-corrected chi connectivity index (χ4v) is 3.52. The summed E-state index contributed by atoms with van der Waals surface area (Å²) in [6, 6.07) is 16.3. The van der Waals surface area contributed by atoms with Gasteiger partial charge in [-0.2, -0.15) is 0 Å². The molecule has 0 bridgehead atoms. The van der Waals surface area contributed by atoms with Gasteiger partial charge in [0.25, 0.3) is 0 Å². The predicted octanol–water partition coefficient (Wildman–Crippen LogP) is 4.87. The van der Waals surface area contributed by atoms with Crippen LogP contribution in [0.15, 0.2) is 59.0 Å². The van der Waals surface area contributed by atoms with E-state index in [-0.39, 0.29) is 5.58 Å². The third-order valence-electron chi connectivity index (χ3n) is 3.50. The molecule has 4 heteroatoms. The second-order valence-electron chi connectivity index (χ2n) is 4.90. The van der Waals surface area contributed by atoms with E-state index in [1.165, 1.54) is 17.4 Å². The average Bonchev–Trinajstić information content (AvgIpc) is 3.11. The molecule has 104 valence electrons. The van der Waals surface area contributed by atoms with Crippen LogP contribution < -0.4 is 0 Å². The standard InChI is InChI=1S/C17H11FO2S/c18-12-6-3-5-11-8-13(20-17(11)12)16(19)15-9-10-4-1-2-7-14(10)21-15/h1-9,16,19H. The highest BCUT2D eigenvalue weighted by molar-refractivity contribution is 7.19. The van der Waals surface area contributed by atoms with Crippen LogP contribution in [-0.2, 0) is 0 Å². The summed E-state index contributed by atoms with van der Waals surface area (Å²) in [5, 5.41) is 12.2. The van der Waals surface area contributed by atoms with Crippen LogP contribution in [0.3, 0.4) is 0 Å². The van der Waals surface area contributed by atoms with Crippen LogP contribution >= 0.6 is 11.3 Å². The van der Waals surface area contributed by atoms with Crippen molar-refractivity contribution in [3.63, 3.8) is 0 Å². The third kappa shape index (κ3) is 2.04. The van der Waals surface area contributed by atoms with Crippen molar-refractivity contribution in [2.45, 2.75) is 6.10 Å². The Morgan fingerprint density at radius 3 is 2.62 bits per heavy atom. The zero-order valence-electron chi connectivity index (χ0n) is 10.9. The first kappa shape index (κ1) is 12.6. The predicted molar refractivity (Wildman–Crippen MR) is 82.1 cm³/mol. The highest BCUT2D eigenvalue weighted by atomic mass is 32.1. The van der Waals surface area contributed by atoms with Gasteiger partial charge < -0.3 is 9.52 Å². The number of furan rings is 1. The van der Waals surface area contributed by atoms with Crippen LogP contribution in [0.5, 0.6) is 0 Å². The van der Waals surface area contributed by atoms with Crippen molar-refractivity contribution >= 4 is 32.4 Å². The summed E-state index contributed by atoms with van der Waals surface area (Å²) in [4.78, 5) is 0.788. The van der Waals surface area contributed by atoms with Gasteiger partial charge >= 0.3 is 0 Å². The summed E-state index contributed by atoms with van der Waals surface area (Å²) in [6.45, 7) is 0. The van der Waals surface area contributed by atoms with Gasteiger partial charge in [0.15, 0.2) is 11.4 Å². The molecule has 2 nitrogen and oxygen atoms in total. The average molecular weight is 298 g/mol. The van der Waals surface area contributed by atoms with Crippen LogP contribution in [0.2, 0.25) is 0 Å². The van der Waals surface area contributed by atoms with Gasteiger partial charge in [0.05, 0.1) is 0 Å². The number of para-hydroxylation sites is 1. The fraction of sp³-hybridized carbons (Fsp3) is 0.0588. The number of fused-ring (bicyclic) bond motifs is 2. The first-order chi connectivity index (χ1) is 10.2. The number of aliphatic hydroxyl groups is 1. The zero-order valence-corrected chi connectivity index (χ0v) is 11.7. The Kier molecular flexibility index (Phi) is 2.80. The van der Waals surface area contributed by atoms with E-state index in [2.05, 4.69) is 0 Å². The molecule has 0 fully saturated rings. The normalized spacial score (nSPS) is 13.0. The Bertz CT molecular complexity index is 905. The largest absolute Gasteiger partial charge is 0.455 e.